The average molecular weight is 320 g/mol. The van der Waals surface area contributed by atoms with Crippen molar-refractivity contribution in [1.82, 2.24) is 9.88 Å². The zero-order valence-corrected chi connectivity index (χ0v) is 13.6. The quantitative estimate of drug-likeness (QED) is 0.757. The molecule has 3 rings (SSSR count). The van der Waals surface area contributed by atoms with Crippen LogP contribution in [0.25, 0.3) is 0 Å². The summed E-state index contributed by atoms with van der Waals surface area (Å²) in [6, 6.07) is 5.81. The van der Waals surface area contributed by atoms with Crippen molar-refractivity contribution >= 4 is 5.91 Å². The van der Waals surface area contributed by atoms with E-state index in [1.165, 1.54) is 0 Å². The lowest BCUT2D eigenvalue weighted by atomic mass is 9.81. The van der Waals surface area contributed by atoms with E-state index in [0.717, 1.165) is 18.7 Å². The summed E-state index contributed by atoms with van der Waals surface area (Å²) in [6.07, 6.45) is 2.75. The number of ether oxygens (including phenoxy) is 3. The summed E-state index contributed by atoms with van der Waals surface area (Å²) in [4.78, 5) is 18.0. The molecule has 1 amide bonds. The van der Waals surface area contributed by atoms with E-state index in [-0.39, 0.29) is 18.1 Å². The Morgan fingerprint density at radius 2 is 2.30 bits per heavy atom. The summed E-state index contributed by atoms with van der Waals surface area (Å²) in [6.45, 7) is 5.81. The molecule has 2 saturated heterocycles. The number of amides is 1. The fraction of sp³-hybridized carbons (Fsp3) is 0.647. The number of likely N-dealkylation sites (tertiary alicyclic amines) is 1. The number of carbonyl (C=O) groups is 1. The molecule has 0 radical (unpaired) electrons. The molecule has 1 aromatic heterocycles. The predicted molar refractivity (Wildman–Crippen MR) is 83.8 cm³/mol. The maximum Gasteiger partial charge on any atom is 0.248 e. The molecule has 2 aliphatic heterocycles. The van der Waals surface area contributed by atoms with Crippen LogP contribution in [0.5, 0.6) is 0 Å². The summed E-state index contributed by atoms with van der Waals surface area (Å²) >= 11 is 0. The second-order valence-corrected chi connectivity index (χ2v) is 6.12. The molecule has 1 spiro atoms. The number of carbonyl (C=O) groups excluding carboxylic acids is 1. The number of rotatable bonds is 7. The van der Waals surface area contributed by atoms with E-state index in [0.29, 0.717) is 38.8 Å². The molecule has 23 heavy (non-hydrogen) atoms. The molecule has 0 N–H and O–H groups in total. The van der Waals surface area contributed by atoms with E-state index in [9.17, 15) is 4.79 Å². The molecule has 2 aliphatic rings. The highest BCUT2D eigenvalue weighted by Gasteiger charge is 2.54. The maximum absolute atomic E-state index is 11.9. The molecular formula is C17H24N2O4. The van der Waals surface area contributed by atoms with Crippen molar-refractivity contribution in [2.75, 3.05) is 39.5 Å². The summed E-state index contributed by atoms with van der Waals surface area (Å²) in [7, 11) is 0. The van der Waals surface area contributed by atoms with Gasteiger partial charge in [-0.2, -0.15) is 0 Å². The Hall–Kier alpha value is -1.50. The molecule has 126 valence electrons. The number of hydrogen-bond donors (Lipinski definition) is 0. The molecule has 1 aromatic rings. The molecule has 0 unspecified atom stereocenters. The van der Waals surface area contributed by atoms with Crippen molar-refractivity contribution in [1.29, 1.82) is 0 Å². The fourth-order valence-corrected chi connectivity index (χ4v) is 3.22. The van der Waals surface area contributed by atoms with E-state index < -0.39 is 0 Å². The van der Waals surface area contributed by atoms with Crippen LogP contribution in [0.2, 0.25) is 0 Å². The van der Waals surface area contributed by atoms with Crippen LogP contribution in [0.1, 0.15) is 19.0 Å². The number of hydrogen-bond acceptors (Lipinski definition) is 5. The molecule has 6 heteroatoms. The SMILES string of the molecule is CCOCC(=O)N1CC2(C1)OCC[C@H]2COCc1ccccn1. The van der Waals surface area contributed by atoms with Gasteiger partial charge in [-0.25, -0.2) is 0 Å². The van der Waals surface area contributed by atoms with E-state index in [4.69, 9.17) is 14.2 Å². The van der Waals surface area contributed by atoms with Crippen molar-refractivity contribution in [2.24, 2.45) is 5.92 Å². The number of nitrogens with zero attached hydrogens (tertiary/aromatic N) is 2. The van der Waals surface area contributed by atoms with Gasteiger partial charge in [0.05, 0.1) is 32.0 Å². The summed E-state index contributed by atoms with van der Waals surface area (Å²) < 4.78 is 17.0. The Kier molecular flexibility index (Phi) is 5.25. The van der Waals surface area contributed by atoms with E-state index in [2.05, 4.69) is 4.98 Å². The van der Waals surface area contributed by atoms with Crippen LogP contribution in [0.15, 0.2) is 24.4 Å². The first-order chi connectivity index (χ1) is 11.2. The standard InChI is InChI=1S/C17H24N2O4/c1-2-21-11-16(20)19-12-17(13-19)14(6-8-23-17)9-22-10-15-5-3-4-7-18-15/h3-5,7,14H,2,6,8-13H2,1H3/t14-/m0/s1. The molecule has 0 aliphatic carbocycles. The third kappa shape index (κ3) is 3.71. The first-order valence-corrected chi connectivity index (χ1v) is 8.20. The predicted octanol–water partition coefficient (Wildman–Crippen LogP) is 1.25. The van der Waals surface area contributed by atoms with Gasteiger partial charge in [-0.05, 0) is 25.5 Å². The van der Waals surface area contributed by atoms with Crippen molar-refractivity contribution in [3.8, 4) is 0 Å². The smallest absolute Gasteiger partial charge is 0.248 e. The van der Waals surface area contributed by atoms with Gasteiger partial charge in [0, 0.05) is 25.3 Å². The van der Waals surface area contributed by atoms with Crippen LogP contribution >= 0.6 is 0 Å². The third-order valence-electron chi connectivity index (χ3n) is 4.59. The molecule has 6 nitrogen and oxygen atoms in total. The second kappa shape index (κ2) is 7.38. The largest absolute Gasteiger partial charge is 0.375 e. The molecule has 0 aromatic carbocycles. The van der Waals surface area contributed by atoms with Gasteiger partial charge in [-0.15, -0.1) is 0 Å². The summed E-state index contributed by atoms with van der Waals surface area (Å²) in [5.41, 5.74) is 0.717. The summed E-state index contributed by atoms with van der Waals surface area (Å²) in [5.74, 6) is 0.378. The minimum absolute atomic E-state index is 0.0427. The van der Waals surface area contributed by atoms with Gasteiger partial charge < -0.3 is 19.1 Å². The van der Waals surface area contributed by atoms with E-state index >= 15 is 0 Å². The van der Waals surface area contributed by atoms with E-state index in [1.807, 2.05) is 30.0 Å². The number of pyridine rings is 1. The van der Waals surface area contributed by atoms with Crippen LogP contribution in [0.3, 0.4) is 0 Å². The van der Waals surface area contributed by atoms with Gasteiger partial charge in [0.25, 0.3) is 0 Å². The van der Waals surface area contributed by atoms with Crippen LogP contribution in [0.4, 0.5) is 0 Å². The lowest BCUT2D eigenvalue weighted by molar-refractivity contribution is -0.172. The summed E-state index contributed by atoms with van der Waals surface area (Å²) in [5, 5.41) is 0. The first-order valence-electron chi connectivity index (χ1n) is 8.20. The Bertz CT molecular complexity index is 517. The van der Waals surface area contributed by atoms with Crippen molar-refractivity contribution in [3.63, 3.8) is 0 Å². The van der Waals surface area contributed by atoms with Gasteiger partial charge in [-0.3, -0.25) is 9.78 Å². The van der Waals surface area contributed by atoms with Crippen molar-refractivity contribution in [2.45, 2.75) is 25.6 Å². The van der Waals surface area contributed by atoms with Crippen molar-refractivity contribution in [3.05, 3.63) is 30.1 Å². The third-order valence-corrected chi connectivity index (χ3v) is 4.59. The van der Waals surface area contributed by atoms with E-state index in [1.54, 1.807) is 6.20 Å². The van der Waals surface area contributed by atoms with Gasteiger partial charge in [0.2, 0.25) is 5.91 Å². The number of aromatic nitrogens is 1. The van der Waals surface area contributed by atoms with Crippen LogP contribution in [0, 0.1) is 5.92 Å². The molecule has 1 atom stereocenters. The molecule has 2 fully saturated rings. The zero-order chi connectivity index (χ0) is 16.1. The molecular weight excluding hydrogens is 296 g/mol. The normalized spacial score (nSPS) is 22.3. The Balaban J connectivity index is 1.45. The Labute approximate surface area is 136 Å². The lowest BCUT2D eigenvalue weighted by Gasteiger charge is -2.50. The molecule has 3 heterocycles. The Morgan fingerprint density at radius 3 is 3.04 bits per heavy atom. The zero-order valence-electron chi connectivity index (χ0n) is 13.6. The van der Waals surface area contributed by atoms with Gasteiger partial charge >= 0.3 is 0 Å². The molecule has 0 bridgehead atoms. The van der Waals surface area contributed by atoms with Gasteiger partial charge in [-0.1, -0.05) is 6.07 Å². The lowest BCUT2D eigenvalue weighted by Crippen LogP contribution is -2.67. The minimum atomic E-state index is -0.216. The maximum atomic E-state index is 11.9. The van der Waals surface area contributed by atoms with Crippen LogP contribution in [-0.2, 0) is 25.6 Å². The van der Waals surface area contributed by atoms with Gasteiger partial charge in [0.15, 0.2) is 0 Å². The highest BCUT2D eigenvalue weighted by molar-refractivity contribution is 5.78. The monoisotopic (exact) mass is 320 g/mol. The fourth-order valence-electron chi connectivity index (χ4n) is 3.22. The van der Waals surface area contributed by atoms with Crippen LogP contribution < -0.4 is 0 Å². The molecule has 0 saturated carbocycles. The average Bonchev–Trinajstić information content (AvgIpc) is 2.96. The highest BCUT2D eigenvalue weighted by atomic mass is 16.5. The van der Waals surface area contributed by atoms with Crippen LogP contribution in [-0.4, -0.2) is 60.9 Å². The minimum Gasteiger partial charge on any atom is -0.375 e. The first kappa shape index (κ1) is 16.4. The Morgan fingerprint density at radius 1 is 1.43 bits per heavy atom. The van der Waals surface area contributed by atoms with Gasteiger partial charge in [0.1, 0.15) is 12.2 Å². The topological polar surface area (TPSA) is 60.9 Å². The second-order valence-electron chi connectivity index (χ2n) is 6.12. The van der Waals surface area contributed by atoms with Crippen molar-refractivity contribution < 1.29 is 19.0 Å². The highest BCUT2D eigenvalue weighted by Crippen LogP contribution is 2.40.